The van der Waals surface area contributed by atoms with E-state index < -0.39 is 11.4 Å². The number of nitrogens with two attached hydrogens (primary N) is 1. The maximum Gasteiger partial charge on any atom is 0.338 e. The van der Waals surface area contributed by atoms with E-state index in [4.69, 9.17) is 17.3 Å². The molecule has 0 fully saturated rings. The molecule has 0 saturated carbocycles. The number of amides is 2. The fraction of sp³-hybridized carbons (Fsp3) is 0.464. The van der Waals surface area contributed by atoms with Crippen LogP contribution >= 0.6 is 23.4 Å². The molecule has 1 aromatic heterocycles. The summed E-state index contributed by atoms with van der Waals surface area (Å²) in [6, 6.07) is 13.9. The Bertz CT molecular complexity index is 1190. The van der Waals surface area contributed by atoms with Gasteiger partial charge in [-0.25, -0.2) is 9.86 Å². The van der Waals surface area contributed by atoms with Crippen molar-refractivity contribution < 1.29 is 10.0 Å². The number of hydroxylamine groups is 2. The third-order valence-corrected chi connectivity index (χ3v) is 7.48. The Hall–Kier alpha value is -2.15. The highest BCUT2D eigenvalue weighted by Gasteiger charge is 2.30. The molecule has 0 unspecified atom stereocenters. The molecule has 1 heterocycles. The molecular formula is C28H38ClN3O2S. The van der Waals surface area contributed by atoms with Crippen molar-refractivity contribution >= 4 is 40.3 Å². The van der Waals surface area contributed by atoms with E-state index in [-0.39, 0.29) is 11.3 Å². The molecule has 0 radical (unpaired) electrons. The summed E-state index contributed by atoms with van der Waals surface area (Å²) in [4.78, 5) is 12.8. The van der Waals surface area contributed by atoms with Gasteiger partial charge in [-0.3, -0.25) is 5.21 Å². The van der Waals surface area contributed by atoms with Crippen molar-refractivity contribution in [1.82, 2.24) is 9.63 Å². The first-order valence-corrected chi connectivity index (χ1v) is 13.2. The molecule has 0 atom stereocenters. The number of nitrogens with zero attached hydrogens (tertiary/aromatic N) is 2. The van der Waals surface area contributed by atoms with Crippen molar-refractivity contribution in [3.05, 3.63) is 64.3 Å². The molecule has 190 valence electrons. The van der Waals surface area contributed by atoms with Crippen molar-refractivity contribution in [2.45, 2.75) is 77.0 Å². The van der Waals surface area contributed by atoms with Crippen LogP contribution in [0.5, 0.6) is 0 Å². The highest BCUT2D eigenvalue weighted by molar-refractivity contribution is 8.00. The molecule has 2 amide bonds. The minimum Gasteiger partial charge on any atom is -0.350 e. The van der Waals surface area contributed by atoms with E-state index in [1.54, 1.807) is 0 Å². The number of carbonyl (C=O) groups excluding carboxylic acids is 1. The molecule has 0 spiro atoms. The molecule has 5 nitrogen and oxygen atoms in total. The van der Waals surface area contributed by atoms with Crippen molar-refractivity contribution in [1.29, 1.82) is 0 Å². The second-order valence-electron chi connectivity index (χ2n) is 11.4. The molecule has 3 N–H and O–H groups in total. The number of primary amides is 1. The Morgan fingerprint density at radius 2 is 1.74 bits per heavy atom. The third kappa shape index (κ3) is 6.96. The zero-order valence-electron chi connectivity index (χ0n) is 21.9. The molecule has 2 aromatic carbocycles. The molecule has 35 heavy (non-hydrogen) atoms. The summed E-state index contributed by atoms with van der Waals surface area (Å²) < 4.78 is 2.38. The largest absolute Gasteiger partial charge is 0.350 e. The van der Waals surface area contributed by atoms with Crippen LogP contribution in [0.15, 0.2) is 47.4 Å². The fourth-order valence-corrected chi connectivity index (χ4v) is 5.61. The SMILES string of the molecule is CC(C)c1ccc2c(c1)c(SC(C)(C)C)c(CC(C)(C)CN(O)C(N)=O)n2Cc1ccc(Cl)cc1. The smallest absolute Gasteiger partial charge is 0.338 e. The van der Waals surface area contributed by atoms with E-state index in [0.717, 1.165) is 5.56 Å². The van der Waals surface area contributed by atoms with Gasteiger partial charge in [-0.1, -0.05) is 78.3 Å². The molecule has 0 saturated heterocycles. The van der Waals surface area contributed by atoms with Crippen molar-refractivity contribution in [3.63, 3.8) is 0 Å². The number of hydrogen-bond donors (Lipinski definition) is 2. The molecule has 0 aliphatic rings. The lowest BCUT2D eigenvalue weighted by Gasteiger charge is -2.30. The Labute approximate surface area is 218 Å². The number of aromatic nitrogens is 1. The van der Waals surface area contributed by atoms with E-state index in [0.29, 0.717) is 29.0 Å². The maximum absolute atomic E-state index is 11.5. The van der Waals surface area contributed by atoms with Crippen LogP contribution in [0.2, 0.25) is 5.02 Å². The topological polar surface area (TPSA) is 71.5 Å². The highest BCUT2D eigenvalue weighted by Crippen LogP contribution is 2.44. The van der Waals surface area contributed by atoms with Crippen LogP contribution in [0.25, 0.3) is 10.9 Å². The lowest BCUT2D eigenvalue weighted by molar-refractivity contribution is -0.0632. The summed E-state index contributed by atoms with van der Waals surface area (Å²) in [6.07, 6.45) is 0.662. The van der Waals surface area contributed by atoms with E-state index >= 15 is 0 Å². The van der Waals surface area contributed by atoms with E-state index in [9.17, 15) is 10.0 Å². The summed E-state index contributed by atoms with van der Waals surface area (Å²) in [5, 5.41) is 12.7. The Balaban J connectivity index is 2.23. The van der Waals surface area contributed by atoms with Crippen LogP contribution in [-0.4, -0.2) is 32.2 Å². The van der Waals surface area contributed by atoms with Gasteiger partial charge in [0.25, 0.3) is 0 Å². The summed E-state index contributed by atoms with van der Waals surface area (Å²) in [5.41, 5.74) is 9.74. The van der Waals surface area contributed by atoms with Gasteiger partial charge < -0.3 is 10.3 Å². The first-order chi connectivity index (χ1) is 16.2. The summed E-state index contributed by atoms with van der Waals surface area (Å²) in [7, 11) is 0. The predicted molar refractivity (Wildman–Crippen MR) is 148 cm³/mol. The van der Waals surface area contributed by atoms with Gasteiger partial charge in [0.1, 0.15) is 0 Å². The number of rotatable bonds is 8. The summed E-state index contributed by atoms with van der Waals surface area (Å²) in [5.74, 6) is 0.421. The lowest BCUT2D eigenvalue weighted by Crippen LogP contribution is -2.40. The van der Waals surface area contributed by atoms with Crippen LogP contribution < -0.4 is 5.73 Å². The number of thioether (sulfide) groups is 1. The molecule has 0 aliphatic heterocycles. The Kier molecular flexibility index (Phi) is 8.19. The minimum absolute atomic E-state index is 0.00233. The van der Waals surface area contributed by atoms with Crippen molar-refractivity contribution in [2.75, 3.05) is 6.54 Å². The Morgan fingerprint density at radius 3 is 2.29 bits per heavy atom. The first-order valence-electron chi connectivity index (χ1n) is 12.0. The monoisotopic (exact) mass is 515 g/mol. The van der Waals surface area contributed by atoms with Gasteiger partial charge in [0, 0.05) is 37.8 Å². The van der Waals surface area contributed by atoms with Gasteiger partial charge >= 0.3 is 6.03 Å². The van der Waals surface area contributed by atoms with Gasteiger partial charge in [0.05, 0.1) is 6.54 Å². The number of benzene rings is 2. The number of carbonyl (C=O) groups is 1. The molecule has 3 aromatic rings. The zero-order chi connectivity index (χ0) is 26.1. The number of fused-ring (bicyclic) bond motifs is 1. The normalized spacial score (nSPS) is 12.5. The van der Waals surface area contributed by atoms with Crippen LogP contribution in [-0.2, 0) is 13.0 Å². The number of urea groups is 1. The first kappa shape index (κ1) is 27.4. The average Bonchev–Trinajstić information content (AvgIpc) is 2.99. The van der Waals surface area contributed by atoms with E-state index in [1.807, 2.05) is 23.9 Å². The molecule has 3 rings (SSSR count). The van der Waals surface area contributed by atoms with Crippen LogP contribution in [0.4, 0.5) is 4.79 Å². The Morgan fingerprint density at radius 1 is 1.11 bits per heavy atom. The second-order valence-corrected chi connectivity index (χ2v) is 13.6. The van der Waals surface area contributed by atoms with E-state index in [1.165, 1.54) is 27.1 Å². The molecule has 7 heteroatoms. The predicted octanol–water partition coefficient (Wildman–Crippen LogP) is 7.70. The minimum atomic E-state index is -0.842. The maximum atomic E-state index is 11.5. The van der Waals surface area contributed by atoms with Gasteiger partial charge in [-0.05, 0) is 53.1 Å². The molecule has 0 bridgehead atoms. The zero-order valence-corrected chi connectivity index (χ0v) is 23.4. The highest BCUT2D eigenvalue weighted by atomic mass is 35.5. The summed E-state index contributed by atoms with van der Waals surface area (Å²) in [6.45, 7) is 16.0. The lowest BCUT2D eigenvalue weighted by atomic mass is 9.87. The van der Waals surface area contributed by atoms with Crippen LogP contribution in [0.1, 0.15) is 71.2 Å². The van der Waals surface area contributed by atoms with Gasteiger partial charge in [-0.2, -0.15) is 0 Å². The number of hydrogen-bond acceptors (Lipinski definition) is 3. The van der Waals surface area contributed by atoms with Gasteiger partial charge in [0.15, 0.2) is 0 Å². The summed E-state index contributed by atoms with van der Waals surface area (Å²) >= 11 is 8.02. The second kappa shape index (κ2) is 10.5. The standard InChI is InChI=1S/C28H38ClN3O2S/c1-18(2)20-10-13-23-22(14-20)25(35-27(3,4)5)24(15-28(6,7)17-32(34)26(30)33)31(23)16-19-8-11-21(29)12-9-19/h8-14,18,34H,15-17H2,1-7H3,(H2,30,33). The quantitative estimate of drug-likeness (QED) is 0.183. The van der Waals surface area contributed by atoms with Crippen molar-refractivity contribution in [2.24, 2.45) is 11.1 Å². The molecule has 0 aliphatic carbocycles. The van der Waals surface area contributed by atoms with Gasteiger partial charge in [-0.15, -0.1) is 11.8 Å². The van der Waals surface area contributed by atoms with Crippen LogP contribution in [0.3, 0.4) is 0 Å². The van der Waals surface area contributed by atoms with Crippen LogP contribution in [0, 0.1) is 5.41 Å². The average molecular weight is 516 g/mol. The number of halogens is 1. The third-order valence-electron chi connectivity index (χ3n) is 5.95. The van der Waals surface area contributed by atoms with E-state index in [2.05, 4.69) is 83.4 Å². The van der Waals surface area contributed by atoms with Gasteiger partial charge in [0.2, 0.25) is 0 Å². The van der Waals surface area contributed by atoms with Crippen molar-refractivity contribution in [3.8, 4) is 0 Å². The fourth-order valence-electron chi connectivity index (χ4n) is 4.29. The molecular weight excluding hydrogens is 478 g/mol.